The Morgan fingerprint density at radius 3 is 3.00 bits per heavy atom. The molecule has 2 aliphatic rings. The average molecular weight is 345 g/mol. The summed E-state index contributed by atoms with van der Waals surface area (Å²) in [5.41, 5.74) is 1.29. The first kappa shape index (κ1) is 14.9. The summed E-state index contributed by atoms with van der Waals surface area (Å²) in [6.45, 7) is 3.44. The number of hydrogen-bond donors (Lipinski definition) is 1. The summed E-state index contributed by atoms with van der Waals surface area (Å²) in [6, 6.07) is 9.81. The van der Waals surface area contributed by atoms with Crippen LogP contribution in [-0.2, 0) is 13.1 Å². The third-order valence-electron chi connectivity index (χ3n) is 4.76. The van der Waals surface area contributed by atoms with Crippen LogP contribution in [0.3, 0.4) is 0 Å². The van der Waals surface area contributed by atoms with Crippen molar-refractivity contribution in [1.82, 2.24) is 14.8 Å². The largest absolute Gasteiger partial charge is 0.358 e. The van der Waals surface area contributed by atoms with Gasteiger partial charge in [0.2, 0.25) is 0 Å². The third-order valence-corrected chi connectivity index (χ3v) is 6.04. The van der Waals surface area contributed by atoms with E-state index in [0.29, 0.717) is 11.8 Å². The van der Waals surface area contributed by atoms with E-state index < -0.39 is 0 Å². The summed E-state index contributed by atoms with van der Waals surface area (Å²) in [6.07, 6.45) is 1.16. The van der Waals surface area contributed by atoms with E-state index in [0.717, 1.165) is 37.7 Å². The number of nitrogens with zero attached hydrogens (tertiary/aromatic N) is 2. The Labute approximate surface area is 144 Å². The molecule has 0 saturated carbocycles. The van der Waals surface area contributed by atoms with E-state index >= 15 is 0 Å². The second-order valence-electron chi connectivity index (χ2n) is 6.34. The molecule has 4 nitrogen and oxygen atoms in total. The highest BCUT2D eigenvalue weighted by Gasteiger charge is 2.35. The van der Waals surface area contributed by atoms with E-state index in [-0.39, 0.29) is 5.56 Å². The maximum atomic E-state index is 12.1. The molecular weight excluding hydrogens is 326 g/mol. The number of rotatable bonds is 2. The van der Waals surface area contributed by atoms with E-state index in [9.17, 15) is 4.79 Å². The van der Waals surface area contributed by atoms with Gasteiger partial charge in [-0.15, -0.1) is 11.3 Å². The Hall–Kier alpha value is -1.66. The minimum absolute atomic E-state index is 0.129. The van der Waals surface area contributed by atoms with Crippen molar-refractivity contribution >= 4 is 28.7 Å². The number of thiophene rings is 1. The molecule has 0 aromatic carbocycles. The molecular formula is C17H19N3OS2. The van der Waals surface area contributed by atoms with Crippen molar-refractivity contribution in [3.63, 3.8) is 0 Å². The van der Waals surface area contributed by atoms with Crippen LogP contribution >= 0.6 is 23.6 Å². The molecule has 2 aromatic rings. The van der Waals surface area contributed by atoms with Crippen LogP contribution in [0.1, 0.15) is 22.9 Å². The van der Waals surface area contributed by atoms with Crippen LogP contribution in [-0.4, -0.2) is 27.7 Å². The van der Waals surface area contributed by atoms with Crippen molar-refractivity contribution in [3.05, 3.63) is 56.6 Å². The molecule has 23 heavy (non-hydrogen) atoms. The molecule has 1 saturated heterocycles. The summed E-state index contributed by atoms with van der Waals surface area (Å²) in [5, 5.41) is 6.30. The lowest BCUT2D eigenvalue weighted by atomic mass is 9.83. The number of pyridine rings is 1. The van der Waals surface area contributed by atoms with Crippen LogP contribution in [0.4, 0.5) is 0 Å². The summed E-state index contributed by atoms with van der Waals surface area (Å²) < 4.78 is 1.96. The molecule has 1 N–H and O–H groups in total. The second kappa shape index (κ2) is 6.09. The van der Waals surface area contributed by atoms with Crippen LogP contribution in [0, 0.1) is 5.92 Å². The quantitative estimate of drug-likeness (QED) is 0.848. The molecule has 1 fully saturated rings. The lowest BCUT2D eigenvalue weighted by Crippen LogP contribution is -2.51. The van der Waals surface area contributed by atoms with Crippen molar-refractivity contribution in [3.8, 4) is 0 Å². The normalized spacial score (nSPS) is 22.5. The van der Waals surface area contributed by atoms with Gasteiger partial charge in [0.05, 0.1) is 6.54 Å². The molecule has 0 spiro atoms. The minimum Gasteiger partial charge on any atom is -0.358 e. The number of hydrogen-bond acceptors (Lipinski definition) is 3. The SMILES string of the molecule is O=c1cccc2n1C[C@H]1C[C@H]2CN(C(=S)NCc2cccs2)C1. The minimum atomic E-state index is 0.129. The number of aromatic nitrogens is 1. The lowest BCUT2D eigenvalue weighted by Gasteiger charge is -2.43. The van der Waals surface area contributed by atoms with Gasteiger partial charge in [-0.2, -0.15) is 0 Å². The molecule has 0 radical (unpaired) electrons. The molecule has 2 aliphatic heterocycles. The highest BCUT2D eigenvalue weighted by atomic mass is 32.1. The van der Waals surface area contributed by atoms with Gasteiger partial charge in [0.25, 0.3) is 5.56 Å². The molecule has 2 bridgehead atoms. The zero-order chi connectivity index (χ0) is 15.8. The standard InChI is InChI=1S/C17H19N3OS2/c21-16-5-1-4-15-13-7-12(10-20(15)16)9-19(11-13)17(22)18-8-14-3-2-6-23-14/h1-6,12-13H,7-11H2,(H,18,22)/t12-,13-/m0/s1. The Kier molecular flexibility index (Phi) is 3.95. The van der Waals surface area contributed by atoms with Gasteiger partial charge in [0.1, 0.15) is 0 Å². The van der Waals surface area contributed by atoms with Gasteiger partial charge in [-0.05, 0) is 42.1 Å². The van der Waals surface area contributed by atoms with Crippen molar-refractivity contribution in [2.24, 2.45) is 5.92 Å². The van der Waals surface area contributed by atoms with Gasteiger partial charge in [-0.3, -0.25) is 4.79 Å². The fourth-order valence-electron chi connectivity index (χ4n) is 3.75. The predicted octanol–water partition coefficient (Wildman–Crippen LogP) is 2.40. The number of nitrogens with one attached hydrogen (secondary N) is 1. The van der Waals surface area contributed by atoms with Crippen LogP contribution in [0.15, 0.2) is 40.5 Å². The highest BCUT2D eigenvalue weighted by molar-refractivity contribution is 7.80. The van der Waals surface area contributed by atoms with Gasteiger partial charge in [-0.1, -0.05) is 12.1 Å². The molecule has 120 valence electrons. The van der Waals surface area contributed by atoms with Crippen molar-refractivity contribution in [2.45, 2.75) is 25.4 Å². The predicted molar refractivity (Wildman–Crippen MR) is 96.9 cm³/mol. The zero-order valence-corrected chi connectivity index (χ0v) is 14.4. The molecule has 0 unspecified atom stereocenters. The number of piperidine rings is 1. The maximum absolute atomic E-state index is 12.1. The molecule has 2 aromatic heterocycles. The van der Waals surface area contributed by atoms with Crippen LogP contribution in [0.25, 0.3) is 0 Å². The summed E-state index contributed by atoms with van der Waals surface area (Å²) in [4.78, 5) is 15.6. The van der Waals surface area contributed by atoms with Gasteiger partial charge < -0.3 is 14.8 Å². The smallest absolute Gasteiger partial charge is 0.250 e. The van der Waals surface area contributed by atoms with Gasteiger partial charge in [0, 0.05) is 42.2 Å². The maximum Gasteiger partial charge on any atom is 0.250 e. The summed E-state index contributed by atoms with van der Waals surface area (Å²) in [7, 11) is 0. The van der Waals surface area contributed by atoms with E-state index in [1.165, 1.54) is 10.6 Å². The fourth-order valence-corrected chi connectivity index (χ4v) is 4.62. The topological polar surface area (TPSA) is 37.3 Å². The van der Waals surface area contributed by atoms with Gasteiger partial charge in [-0.25, -0.2) is 0 Å². The Morgan fingerprint density at radius 2 is 2.17 bits per heavy atom. The molecule has 0 amide bonds. The van der Waals surface area contributed by atoms with Crippen molar-refractivity contribution in [1.29, 1.82) is 0 Å². The Balaban J connectivity index is 1.47. The number of thiocarbonyl (C=S) groups is 1. The van der Waals surface area contributed by atoms with Crippen molar-refractivity contribution < 1.29 is 0 Å². The number of likely N-dealkylation sites (tertiary alicyclic amines) is 1. The van der Waals surface area contributed by atoms with E-state index in [4.69, 9.17) is 12.2 Å². The molecule has 6 heteroatoms. The monoisotopic (exact) mass is 345 g/mol. The molecule has 0 aliphatic carbocycles. The van der Waals surface area contributed by atoms with Crippen LogP contribution < -0.4 is 10.9 Å². The first-order valence-corrected chi connectivity index (χ1v) is 9.24. The summed E-state index contributed by atoms with van der Waals surface area (Å²) >= 11 is 7.34. The summed E-state index contributed by atoms with van der Waals surface area (Å²) in [5.74, 6) is 0.903. The van der Waals surface area contributed by atoms with Crippen LogP contribution in [0.2, 0.25) is 0 Å². The third kappa shape index (κ3) is 2.93. The fraction of sp³-hybridized carbons (Fsp3) is 0.412. The average Bonchev–Trinajstić information content (AvgIpc) is 3.07. The Morgan fingerprint density at radius 1 is 1.26 bits per heavy atom. The molecule has 4 rings (SSSR count). The van der Waals surface area contributed by atoms with Crippen molar-refractivity contribution in [2.75, 3.05) is 13.1 Å². The number of fused-ring (bicyclic) bond motifs is 4. The van der Waals surface area contributed by atoms with Gasteiger partial charge >= 0.3 is 0 Å². The van der Waals surface area contributed by atoms with E-state index in [1.54, 1.807) is 17.4 Å². The molecule has 4 heterocycles. The highest BCUT2D eigenvalue weighted by Crippen LogP contribution is 2.34. The van der Waals surface area contributed by atoms with Gasteiger partial charge in [0.15, 0.2) is 5.11 Å². The Bertz CT molecular complexity index is 768. The first-order chi connectivity index (χ1) is 11.2. The van der Waals surface area contributed by atoms with Crippen LogP contribution in [0.5, 0.6) is 0 Å². The molecule has 2 atom stereocenters. The lowest BCUT2D eigenvalue weighted by molar-refractivity contribution is 0.177. The van der Waals surface area contributed by atoms with E-state index in [2.05, 4.69) is 33.8 Å². The second-order valence-corrected chi connectivity index (χ2v) is 7.76. The zero-order valence-electron chi connectivity index (χ0n) is 12.8. The first-order valence-electron chi connectivity index (χ1n) is 7.95. The van der Waals surface area contributed by atoms with E-state index in [1.807, 2.05) is 10.6 Å².